The SMILES string of the molecule is CCN[C@]1(Cl)C(=O)N(c2ccccc2)N=C1C. The summed E-state index contributed by atoms with van der Waals surface area (Å²) in [5.74, 6) is -0.260. The minimum atomic E-state index is -1.20. The van der Waals surface area contributed by atoms with Gasteiger partial charge in [-0.2, -0.15) is 10.1 Å². The molecule has 1 amide bonds. The number of benzene rings is 1. The molecule has 0 unspecified atom stereocenters. The Balaban J connectivity index is 2.34. The van der Waals surface area contributed by atoms with Crippen LogP contribution in [0.4, 0.5) is 5.69 Å². The minimum absolute atomic E-state index is 0.260. The number of alkyl halides is 1. The molecule has 0 spiro atoms. The summed E-state index contributed by atoms with van der Waals surface area (Å²) in [5, 5.41) is 8.52. The number of halogens is 1. The van der Waals surface area contributed by atoms with Gasteiger partial charge >= 0.3 is 0 Å². The first-order chi connectivity index (χ1) is 8.09. The molecule has 1 N–H and O–H groups in total. The molecule has 2 rings (SSSR count). The molecule has 0 fully saturated rings. The molecule has 4 nitrogen and oxygen atoms in total. The van der Waals surface area contributed by atoms with E-state index in [2.05, 4.69) is 10.4 Å². The average molecular weight is 252 g/mol. The van der Waals surface area contributed by atoms with E-state index >= 15 is 0 Å². The molecular formula is C12H14ClN3O. The number of rotatable bonds is 3. The van der Waals surface area contributed by atoms with E-state index in [1.807, 2.05) is 37.3 Å². The monoisotopic (exact) mass is 251 g/mol. The number of hydrogen-bond acceptors (Lipinski definition) is 3. The van der Waals surface area contributed by atoms with E-state index in [-0.39, 0.29) is 5.91 Å². The zero-order valence-corrected chi connectivity index (χ0v) is 10.5. The number of carbonyl (C=O) groups excluding carboxylic acids is 1. The highest BCUT2D eigenvalue weighted by atomic mass is 35.5. The van der Waals surface area contributed by atoms with Gasteiger partial charge in [0.05, 0.1) is 11.4 Å². The molecule has 0 saturated carbocycles. The van der Waals surface area contributed by atoms with E-state index < -0.39 is 5.00 Å². The van der Waals surface area contributed by atoms with E-state index in [0.29, 0.717) is 12.3 Å². The van der Waals surface area contributed by atoms with Crippen molar-refractivity contribution in [1.82, 2.24) is 5.32 Å². The van der Waals surface area contributed by atoms with Crippen LogP contribution in [-0.4, -0.2) is 23.2 Å². The Labute approximate surface area is 105 Å². The maximum atomic E-state index is 12.2. The van der Waals surface area contributed by atoms with Crippen LogP contribution in [0.3, 0.4) is 0 Å². The molecule has 0 aliphatic carbocycles. The molecule has 0 aromatic heterocycles. The minimum Gasteiger partial charge on any atom is -0.286 e. The van der Waals surface area contributed by atoms with E-state index in [1.54, 1.807) is 6.92 Å². The topological polar surface area (TPSA) is 44.7 Å². The molecule has 1 atom stereocenters. The van der Waals surface area contributed by atoms with Crippen LogP contribution in [0.15, 0.2) is 35.4 Å². The number of hydrazone groups is 1. The van der Waals surface area contributed by atoms with Crippen LogP contribution >= 0.6 is 11.6 Å². The van der Waals surface area contributed by atoms with Gasteiger partial charge in [0, 0.05) is 0 Å². The van der Waals surface area contributed by atoms with Crippen LogP contribution < -0.4 is 10.3 Å². The normalized spacial score (nSPS) is 24.1. The van der Waals surface area contributed by atoms with Gasteiger partial charge in [-0.15, -0.1) is 0 Å². The number of anilines is 1. The highest BCUT2D eigenvalue weighted by Gasteiger charge is 2.47. The lowest BCUT2D eigenvalue weighted by atomic mass is 10.2. The smallest absolute Gasteiger partial charge is 0.286 e. The van der Waals surface area contributed by atoms with Crippen molar-refractivity contribution in [3.63, 3.8) is 0 Å². The Kier molecular flexibility index (Phi) is 3.17. The molecule has 0 bridgehead atoms. The van der Waals surface area contributed by atoms with Crippen molar-refractivity contribution in [3.8, 4) is 0 Å². The van der Waals surface area contributed by atoms with Gasteiger partial charge in [0.2, 0.25) is 5.00 Å². The molecule has 0 radical (unpaired) electrons. The molecular weight excluding hydrogens is 238 g/mol. The van der Waals surface area contributed by atoms with Crippen LogP contribution in [0, 0.1) is 0 Å². The van der Waals surface area contributed by atoms with Crippen molar-refractivity contribution in [1.29, 1.82) is 0 Å². The summed E-state index contributed by atoms with van der Waals surface area (Å²) >= 11 is 6.28. The number of nitrogens with one attached hydrogen (secondary N) is 1. The Morgan fingerprint density at radius 3 is 2.65 bits per heavy atom. The number of nitrogens with zero attached hydrogens (tertiary/aromatic N) is 2. The van der Waals surface area contributed by atoms with Gasteiger partial charge in [0.25, 0.3) is 5.91 Å². The first-order valence-electron chi connectivity index (χ1n) is 5.49. The Hall–Kier alpha value is -1.39. The molecule has 1 heterocycles. The molecule has 1 aromatic carbocycles. The number of carbonyl (C=O) groups is 1. The van der Waals surface area contributed by atoms with Crippen molar-refractivity contribution in [2.24, 2.45) is 5.10 Å². The fourth-order valence-corrected chi connectivity index (χ4v) is 2.01. The molecule has 17 heavy (non-hydrogen) atoms. The third kappa shape index (κ3) is 1.94. The van der Waals surface area contributed by atoms with E-state index in [1.165, 1.54) is 5.01 Å². The van der Waals surface area contributed by atoms with Crippen LogP contribution in [0.1, 0.15) is 13.8 Å². The molecule has 0 saturated heterocycles. The highest BCUT2D eigenvalue weighted by Crippen LogP contribution is 2.29. The second-order valence-electron chi connectivity index (χ2n) is 3.83. The second-order valence-corrected chi connectivity index (χ2v) is 4.39. The van der Waals surface area contributed by atoms with Gasteiger partial charge in [-0.1, -0.05) is 36.7 Å². The zero-order chi connectivity index (χ0) is 12.5. The average Bonchev–Trinajstić information content (AvgIpc) is 2.56. The molecule has 1 aliphatic rings. The van der Waals surface area contributed by atoms with E-state index in [9.17, 15) is 4.79 Å². The maximum Gasteiger partial charge on any atom is 0.289 e. The summed E-state index contributed by atoms with van der Waals surface area (Å²) in [6.45, 7) is 4.25. The predicted molar refractivity (Wildman–Crippen MR) is 69.3 cm³/mol. The van der Waals surface area contributed by atoms with Crippen LogP contribution in [0.25, 0.3) is 0 Å². The fraction of sp³-hybridized carbons (Fsp3) is 0.333. The van der Waals surface area contributed by atoms with Gasteiger partial charge < -0.3 is 0 Å². The molecule has 1 aliphatic heterocycles. The number of likely N-dealkylation sites (N-methyl/N-ethyl adjacent to an activating group) is 1. The van der Waals surface area contributed by atoms with E-state index in [0.717, 1.165) is 5.69 Å². The van der Waals surface area contributed by atoms with Crippen molar-refractivity contribution in [2.75, 3.05) is 11.6 Å². The standard InChI is InChI=1S/C12H14ClN3O/c1-3-14-12(13)9(2)15-16(11(12)17)10-7-5-4-6-8-10/h4-8,14H,3H2,1-2H3/t12-/m0/s1. The summed E-state index contributed by atoms with van der Waals surface area (Å²) in [6.07, 6.45) is 0. The largest absolute Gasteiger partial charge is 0.289 e. The van der Waals surface area contributed by atoms with Crippen molar-refractivity contribution < 1.29 is 4.79 Å². The van der Waals surface area contributed by atoms with Gasteiger partial charge in [-0.05, 0) is 25.6 Å². The Bertz CT molecular complexity index is 460. The van der Waals surface area contributed by atoms with Crippen LogP contribution in [-0.2, 0) is 4.79 Å². The van der Waals surface area contributed by atoms with Crippen LogP contribution in [0.5, 0.6) is 0 Å². The third-order valence-corrected chi connectivity index (χ3v) is 3.23. The summed E-state index contributed by atoms with van der Waals surface area (Å²) < 4.78 is 0. The molecule has 90 valence electrons. The zero-order valence-electron chi connectivity index (χ0n) is 9.77. The maximum absolute atomic E-state index is 12.2. The fourth-order valence-electron chi connectivity index (χ4n) is 1.76. The summed E-state index contributed by atoms with van der Waals surface area (Å²) in [7, 11) is 0. The van der Waals surface area contributed by atoms with E-state index in [4.69, 9.17) is 11.6 Å². The number of para-hydroxylation sites is 1. The lowest BCUT2D eigenvalue weighted by Crippen LogP contribution is -2.52. The van der Waals surface area contributed by atoms with Gasteiger partial charge in [0.1, 0.15) is 0 Å². The lowest BCUT2D eigenvalue weighted by Gasteiger charge is -2.21. The first-order valence-corrected chi connectivity index (χ1v) is 5.86. The van der Waals surface area contributed by atoms with Gasteiger partial charge in [0.15, 0.2) is 0 Å². The summed E-state index contributed by atoms with van der Waals surface area (Å²) in [4.78, 5) is 11.0. The Morgan fingerprint density at radius 2 is 2.06 bits per heavy atom. The quantitative estimate of drug-likeness (QED) is 0.659. The Morgan fingerprint density at radius 1 is 1.41 bits per heavy atom. The third-order valence-electron chi connectivity index (χ3n) is 2.66. The first kappa shape index (κ1) is 12.1. The predicted octanol–water partition coefficient (Wildman–Crippen LogP) is 1.95. The van der Waals surface area contributed by atoms with Crippen LogP contribution in [0.2, 0.25) is 0 Å². The van der Waals surface area contributed by atoms with Crippen molar-refractivity contribution in [3.05, 3.63) is 30.3 Å². The number of amides is 1. The van der Waals surface area contributed by atoms with Gasteiger partial charge in [-0.25, -0.2) is 0 Å². The lowest BCUT2D eigenvalue weighted by molar-refractivity contribution is -0.119. The molecule has 1 aromatic rings. The van der Waals surface area contributed by atoms with Crippen molar-refractivity contribution in [2.45, 2.75) is 18.8 Å². The second kappa shape index (κ2) is 4.47. The van der Waals surface area contributed by atoms with Crippen molar-refractivity contribution >= 4 is 28.9 Å². The molecule has 5 heteroatoms. The highest BCUT2D eigenvalue weighted by molar-refractivity contribution is 6.50. The summed E-state index contributed by atoms with van der Waals surface area (Å²) in [5.41, 5.74) is 1.28. The summed E-state index contributed by atoms with van der Waals surface area (Å²) in [6, 6.07) is 9.25. The number of hydrogen-bond donors (Lipinski definition) is 1. The van der Waals surface area contributed by atoms with Gasteiger partial charge in [-0.3, -0.25) is 10.1 Å².